The summed E-state index contributed by atoms with van der Waals surface area (Å²) in [6, 6.07) is 0. The van der Waals surface area contributed by atoms with Crippen LogP contribution in [0.3, 0.4) is 0 Å². The molecule has 3 N–H and O–H groups in total. The molecule has 1 rings (SSSR count). The second-order valence-electron chi connectivity index (χ2n) is 3.33. The third kappa shape index (κ3) is 2.18. The zero-order valence-electron chi connectivity index (χ0n) is 9.11. The Balaban J connectivity index is 3.24. The Morgan fingerprint density at radius 2 is 2.27 bits per heavy atom. The lowest BCUT2D eigenvalue weighted by atomic mass is 10.2. The van der Waals surface area contributed by atoms with Gasteiger partial charge in [-0.2, -0.15) is 5.10 Å². The number of carboxylic acid groups (broad SMARTS) is 1. The number of hydrogen-bond donors (Lipinski definition) is 2. The molecule has 5 heteroatoms. The Morgan fingerprint density at radius 3 is 2.73 bits per heavy atom. The molecule has 0 aliphatic heterocycles. The van der Waals surface area contributed by atoms with Gasteiger partial charge >= 0.3 is 5.97 Å². The van der Waals surface area contributed by atoms with Crippen LogP contribution in [0.5, 0.6) is 0 Å². The number of carboxylic acids is 1. The van der Waals surface area contributed by atoms with Crippen LogP contribution in [0, 0.1) is 6.92 Å². The zero-order valence-corrected chi connectivity index (χ0v) is 9.11. The molecule has 1 aromatic rings. The Labute approximate surface area is 88.2 Å². The topological polar surface area (TPSA) is 81.1 Å². The van der Waals surface area contributed by atoms with Gasteiger partial charge in [0.05, 0.1) is 17.1 Å². The third-order valence-corrected chi connectivity index (χ3v) is 2.20. The van der Waals surface area contributed by atoms with Crippen molar-refractivity contribution in [1.82, 2.24) is 9.78 Å². The quantitative estimate of drug-likeness (QED) is 0.735. The van der Waals surface area contributed by atoms with Crippen molar-refractivity contribution < 1.29 is 9.90 Å². The SMILES string of the molecule is CCn1nc(C)c(N)c1C=C(C)C(=O)O. The van der Waals surface area contributed by atoms with E-state index in [-0.39, 0.29) is 5.57 Å². The van der Waals surface area contributed by atoms with Crippen LogP contribution in [0.4, 0.5) is 5.69 Å². The molecule has 0 saturated heterocycles. The van der Waals surface area contributed by atoms with Crippen molar-refractivity contribution in [2.24, 2.45) is 0 Å². The summed E-state index contributed by atoms with van der Waals surface area (Å²) >= 11 is 0. The standard InChI is InChI=1S/C10H15N3O2/c1-4-13-8(5-6(2)10(14)15)9(11)7(3)12-13/h5H,4,11H2,1-3H3,(H,14,15). The lowest BCUT2D eigenvalue weighted by Crippen LogP contribution is -2.02. The molecule has 0 bridgehead atoms. The van der Waals surface area contributed by atoms with E-state index in [4.69, 9.17) is 10.8 Å². The number of aromatic nitrogens is 2. The molecule has 0 radical (unpaired) electrons. The fraction of sp³-hybridized carbons (Fsp3) is 0.400. The molecule has 0 fully saturated rings. The number of nitrogens with two attached hydrogens (primary N) is 1. The highest BCUT2D eigenvalue weighted by Gasteiger charge is 2.10. The molecule has 0 aromatic carbocycles. The summed E-state index contributed by atoms with van der Waals surface area (Å²) in [7, 11) is 0. The van der Waals surface area contributed by atoms with Crippen molar-refractivity contribution in [3.63, 3.8) is 0 Å². The third-order valence-electron chi connectivity index (χ3n) is 2.20. The number of rotatable bonds is 3. The number of anilines is 1. The molecule has 15 heavy (non-hydrogen) atoms. The van der Waals surface area contributed by atoms with Crippen molar-refractivity contribution in [1.29, 1.82) is 0 Å². The van der Waals surface area contributed by atoms with Gasteiger partial charge in [0.15, 0.2) is 0 Å². The smallest absolute Gasteiger partial charge is 0.331 e. The van der Waals surface area contributed by atoms with E-state index in [9.17, 15) is 4.79 Å². The van der Waals surface area contributed by atoms with Crippen LogP contribution >= 0.6 is 0 Å². The maximum atomic E-state index is 10.7. The van der Waals surface area contributed by atoms with Gasteiger partial charge in [-0.25, -0.2) is 4.79 Å². The maximum absolute atomic E-state index is 10.7. The lowest BCUT2D eigenvalue weighted by Gasteiger charge is -2.01. The summed E-state index contributed by atoms with van der Waals surface area (Å²) in [5.41, 5.74) is 7.98. The van der Waals surface area contributed by atoms with E-state index in [1.807, 2.05) is 6.92 Å². The molecule has 0 aliphatic rings. The minimum atomic E-state index is -0.948. The monoisotopic (exact) mass is 209 g/mol. The predicted molar refractivity (Wildman–Crippen MR) is 58.3 cm³/mol. The molecule has 1 aromatic heterocycles. The van der Waals surface area contributed by atoms with Gasteiger partial charge in [0.1, 0.15) is 0 Å². The van der Waals surface area contributed by atoms with Crippen molar-refractivity contribution in [3.05, 3.63) is 17.0 Å². The van der Waals surface area contributed by atoms with Crippen LogP contribution in [-0.2, 0) is 11.3 Å². The Kier molecular flexibility index (Phi) is 3.14. The normalized spacial score (nSPS) is 11.8. The van der Waals surface area contributed by atoms with Crippen molar-refractivity contribution in [2.75, 3.05) is 5.73 Å². The second-order valence-corrected chi connectivity index (χ2v) is 3.33. The maximum Gasteiger partial charge on any atom is 0.331 e. The van der Waals surface area contributed by atoms with E-state index in [1.54, 1.807) is 17.7 Å². The van der Waals surface area contributed by atoms with Gasteiger partial charge in [0.25, 0.3) is 0 Å². The van der Waals surface area contributed by atoms with Crippen molar-refractivity contribution in [2.45, 2.75) is 27.3 Å². The highest BCUT2D eigenvalue weighted by atomic mass is 16.4. The average molecular weight is 209 g/mol. The fourth-order valence-electron chi connectivity index (χ4n) is 1.27. The van der Waals surface area contributed by atoms with Gasteiger partial charge in [-0.1, -0.05) is 0 Å². The molecule has 0 amide bonds. The first-order valence-corrected chi connectivity index (χ1v) is 4.71. The van der Waals surface area contributed by atoms with E-state index in [0.29, 0.717) is 17.9 Å². The van der Waals surface area contributed by atoms with Crippen LogP contribution in [0.15, 0.2) is 5.57 Å². The molecule has 0 atom stereocenters. The summed E-state index contributed by atoms with van der Waals surface area (Å²) in [6.45, 7) is 5.93. The summed E-state index contributed by atoms with van der Waals surface area (Å²) in [6.07, 6.45) is 1.54. The fourth-order valence-corrected chi connectivity index (χ4v) is 1.27. The molecule has 5 nitrogen and oxygen atoms in total. The second kappa shape index (κ2) is 4.16. The van der Waals surface area contributed by atoms with Crippen LogP contribution in [0.1, 0.15) is 25.2 Å². The van der Waals surface area contributed by atoms with Crippen LogP contribution in [-0.4, -0.2) is 20.9 Å². The summed E-state index contributed by atoms with van der Waals surface area (Å²) in [5, 5.41) is 13.0. The zero-order chi connectivity index (χ0) is 11.6. The first-order chi connectivity index (χ1) is 6.97. The summed E-state index contributed by atoms with van der Waals surface area (Å²) in [4.78, 5) is 10.7. The highest BCUT2D eigenvalue weighted by molar-refractivity contribution is 5.92. The van der Waals surface area contributed by atoms with Gasteiger partial charge in [-0.15, -0.1) is 0 Å². The first kappa shape index (κ1) is 11.3. The average Bonchev–Trinajstić information content (AvgIpc) is 2.45. The van der Waals surface area contributed by atoms with Gasteiger partial charge in [-0.3, -0.25) is 4.68 Å². The van der Waals surface area contributed by atoms with Crippen molar-refractivity contribution in [3.8, 4) is 0 Å². The number of nitrogens with zero attached hydrogens (tertiary/aromatic N) is 2. The summed E-state index contributed by atoms with van der Waals surface area (Å²) < 4.78 is 1.69. The van der Waals surface area contributed by atoms with E-state index in [1.165, 1.54) is 6.92 Å². The van der Waals surface area contributed by atoms with Gasteiger partial charge in [0, 0.05) is 12.1 Å². The number of hydrogen-bond acceptors (Lipinski definition) is 3. The number of aliphatic carboxylic acids is 1. The molecule has 0 saturated carbocycles. The molecule has 0 aliphatic carbocycles. The first-order valence-electron chi connectivity index (χ1n) is 4.71. The van der Waals surface area contributed by atoms with E-state index >= 15 is 0 Å². The Morgan fingerprint density at radius 1 is 1.67 bits per heavy atom. The van der Waals surface area contributed by atoms with E-state index in [2.05, 4.69) is 5.10 Å². The number of aryl methyl sites for hydroxylation is 2. The van der Waals surface area contributed by atoms with Crippen LogP contribution in [0.25, 0.3) is 6.08 Å². The molecular weight excluding hydrogens is 194 g/mol. The predicted octanol–water partition coefficient (Wildman–Crippen LogP) is 1.28. The molecule has 0 unspecified atom stereocenters. The molecule has 0 spiro atoms. The Hall–Kier alpha value is -1.78. The van der Waals surface area contributed by atoms with Crippen LogP contribution < -0.4 is 5.73 Å². The van der Waals surface area contributed by atoms with E-state index in [0.717, 1.165) is 5.69 Å². The minimum Gasteiger partial charge on any atom is -0.478 e. The number of nitrogen functional groups attached to an aromatic ring is 1. The highest BCUT2D eigenvalue weighted by Crippen LogP contribution is 2.19. The van der Waals surface area contributed by atoms with E-state index < -0.39 is 5.97 Å². The molecule has 82 valence electrons. The largest absolute Gasteiger partial charge is 0.478 e. The minimum absolute atomic E-state index is 0.247. The molecule has 1 heterocycles. The van der Waals surface area contributed by atoms with Gasteiger partial charge in [0.2, 0.25) is 0 Å². The lowest BCUT2D eigenvalue weighted by molar-refractivity contribution is -0.132. The Bertz CT molecular complexity index is 419. The number of carbonyl (C=O) groups is 1. The summed E-state index contributed by atoms with van der Waals surface area (Å²) in [5.74, 6) is -0.948. The molecular formula is C10H15N3O2. The van der Waals surface area contributed by atoms with Gasteiger partial charge in [-0.05, 0) is 26.8 Å². The van der Waals surface area contributed by atoms with Crippen LogP contribution in [0.2, 0.25) is 0 Å². The van der Waals surface area contributed by atoms with Crippen molar-refractivity contribution >= 4 is 17.7 Å². The van der Waals surface area contributed by atoms with Gasteiger partial charge < -0.3 is 10.8 Å².